The Bertz CT molecular complexity index is 101. The standard InChI is InChI=1S/C6H12O2S/c1-4(6(8)9)3-5(2)7/h4-5,7H,3H2,1-2H3,(H,8,9). The van der Waals surface area contributed by atoms with Gasteiger partial charge in [0.15, 0.2) is 5.12 Å². The first-order chi connectivity index (χ1) is 4.04. The Balaban J connectivity index is 3.50. The normalized spacial score (nSPS) is 16.9. The molecule has 2 nitrogen and oxygen atoms in total. The van der Waals surface area contributed by atoms with Crippen molar-refractivity contribution < 1.29 is 9.90 Å². The number of aliphatic hydroxyl groups is 1. The SMILES string of the molecule is CC(O)CC(C)C(=O)S. The summed E-state index contributed by atoms with van der Waals surface area (Å²) in [4.78, 5) is 10.4. The van der Waals surface area contributed by atoms with Crippen LogP contribution in [0.25, 0.3) is 0 Å². The quantitative estimate of drug-likeness (QED) is 0.582. The lowest BCUT2D eigenvalue weighted by atomic mass is 10.1. The fourth-order valence-corrected chi connectivity index (χ4v) is 0.718. The highest BCUT2D eigenvalue weighted by molar-refractivity contribution is 7.96. The minimum Gasteiger partial charge on any atom is -0.393 e. The van der Waals surface area contributed by atoms with Crippen molar-refractivity contribution in [3.8, 4) is 0 Å². The first-order valence-electron chi connectivity index (χ1n) is 2.95. The summed E-state index contributed by atoms with van der Waals surface area (Å²) in [5.41, 5.74) is 0. The second-order valence-corrected chi connectivity index (χ2v) is 2.76. The van der Waals surface area contributed by atoms with E-state index in [-0.39, 0.29) is 11.0 Å². The molecule has 0 fully saturated rings. The Hall–Kier alpha value is -0.0200. The van der Waals surface area contributed by atoms with Crippen LogP contribution < -0.4 is 0 Å². The molecule has 0 aromatic carbocycles. The van der Waals surface area contributed by atoms with E-state index >= 15 is 0 Å². The summed E-state index contributed by atoms with van der Waals surface area (Å²) >= 11 is 3.62. The molecule has 0 rings (SSSR count). The highest BCUT2D eigenvalue weighted by Crippen LogP contribution is 2.08. The summed E-state index contributed by atoms with van der Waals surface area (Å²) in [5.74, 6) is -0.131. The average Bonchev–Trinajstić information content (AvgIpc) is 1.63. The monoisotopic (exact) mass is 148 g/mol. The Morgan fingerprint density at radius 3 is 2.22 bits per heavy atom. The van der Waals surface area contributed by atoms with E-state index in [0.717, 1.165) is 0 Å². The molecular formula is C6H12O2S. The summed E-state index contributed by atoms with van der Waals surface area (Å²) in [6, 6.07) is 0. The lowest BCUT2D eigenvalue weighted by Gasteiger charge is -2.07. The van der Waals surface area contributed by atoms with Gasteiger partial charge in [-0.2, -0.15) is 0 Å². The van der Waals surface area contributed by atoms with Gasteiger partial charge in [-0.25, -0.2) is 0 Å². The minimum absolute atomic E-state index is 0.131. The second-order valence-electron chi connectivity index (χ2n) is 2.32. The van der Waals surface area contributed by atoms with Gasteiger partial charge in [-0.1, -0.05) is 6.92 Å². The van der Waals surface area contributed by atoms with Crippen molar-refractivity contribution in [2.45, 2.75) is 26.4 Å². The van der Waals surface area contributed by atoms with E-state index in [9.17, 15) is 4.79 Å². The molecule has 0 aliphatic heterocycles. The van der Waals surface area contributed by atoms with Gasteiger partial charge in [-0.15, -0.1) is 12.6 Å². The van der Waals surface area contributed by atoms with Crippen LogP contribution in [0.2, 0.25) is 0 Å². The molecule has 3 heteroatoms. The van der Waals surface area contributed by atoms with E-state index in [1.165, 1.54) is 0 Å². The van der Waals surface area contributed by atoms with Gasteiger partial charge in [0.05, 0.1) is 6.10 Å². The van der Waals surface area contributed by atoms with Crippen LogP contribution >= 0.6 is 12.6 Å². The van der Waals surface area contributed by atoms with Gasteiger partial charge in [-0.3, -0.25) is 4.79 Å². The van der Waals surface area contributed by atoms with Crippen LogP contribution in [0.1, 0.15) is 20.3 Å². The van der Waals surface area contributed by atoms with Crippen molar-refractivity contribution in [3.05, 3.63) is 0 Å². The van der Waals surface area contributed by atoms with Crippen molar-refractivity contribution >= 4 is 17.7 Å². The maximum Gasteiger partial charge on any atom is 0.188 e. The van der Waals surface area contributed by atoms with Crippen LogP contribution in [0.4, 0.5) is 0 Å². The zero-order valence-corrected chi connectivity index (χ0v) is 6.56. The highest BCUT2D eigenvalue weighted by Gasteiger charge is 2.10. The van der Waals surface area contributed by atoms with Crippen molar-refractivity contribution in [1.29, 1.82) is 0 Å². The van der Waals surface area contributed by atoms with Gasteiger partial charge in [0, 0.05) is 5.92 Å². The number of hydrogen-bond acceptors (Lipinski definition) is 2. The molecule has 0 aliphatic rings. The summed E-state index contributed by atoms with van der Waals surface area (Å²) in [6.45, 7) is 3.41. The van der Waals surface area contributed by atoms with Crippen LogP contribution in [0, 0.1) is 5.92 Å². The lowest BCUT2D eigenvalue weighted by Crippen LogP contribution is -2.11. The van der Waals surface area contributed by atoms with Crippen LogP contribution in [0.5, 0.6) is 0 Å². The fourth-order valence-electron chi connectivity index (χ4n) is 0.612. The lowest BCUT2D eigenvalue weighted by molar-refractivity contribution is -0.114. The number of carbonyl (C=O) groups excluding carboxylic acids is 1. The molecule has 0 spiro atoms. The van der Waals surface area contributed by atoms with Gasteiger partial charge in [-0.05, 0) is 13.3 Å². The predicted octanol–water partition coefficient (Wildman–Crippen LogP) is 0.850. The zero-order valence-electron chi connectivity index (χ0n) is 5.66. The Labute approximate surface area is 60.7 Å². The largest absolute Gasteiger partial charge is 0.393 e. The van der Waals surface area contributed by atoms with Gasteiger partial charge >= 0.3 is 0 Å². The van der Waals surface area contributed by atoms with Crippen LogP contribution in [-0.2, 0) is 4.79 Å². The molecule has 9 heavy (non-hydrogen) atoms. The van der Waals surface area contributed by atoms with Crippen LogP contribution in [0.15, 0.2) is 0 Å². The molecule has 1 N–H and O–H groups in total. The fraction of sp³-hybridized carbons (Fsp3) is 0.833. The topological polar surface area (TPSA) is 37.3 Å². The average molecular weight is 148 g/mol. The van der Waals surface area contributed by atoms with Crippen molar-refractivity contribution in [3.63, 3.8) is 0 Å². The molecule has 2 unspecified atom stereocenters. The smallest absolute Gasteiger partial charge is 0.188 e. The van der Waals surface area contributed by atoms with Crippen molar-refractivity contribution in [2.75, 3.05) is 0 Å². The second kappa shape index (κ2) is 3.90. The van der Waals surface area contributed by atoms with E-state index in [2.05, 4.69) is 12.6 Å². The molecule has 0 radical (unpaired) electrons. The van der Waals surface area contributed by atoms with E-state index in [0.29, 0.717) is 6.42 Å². The number of hydrogen-bond donors (Lipinski definition) is 2. The molecular weight excluding hydrogens is 136 g/mol. The summed E-state index contributed by atoms with van der Waals surface area (Å²) in [6.07, 6.45) is 0.0959. The third-order valence-electron chi connectivity index (χ3n) is 1.12. The molecule has 54 valence electrons. The van der Waals surface area contributed by atoms with E-state index in [1.807, 2.05) is 0 Å². The van der Waals surface area contributed by atoms with E-state index in [4.69, 9.17) is 5.11 Å². The number of aliphatic hydroxyl groups excluding tert-OH is 1. The molecule has 0 heterocycles. The molecule has 0 saturated carbocycles. The molecule has 0 saturated heterocycles. The molecule has 0 aromatic rings. The van der Waals surface area contributed by atoms with Gasteiger partial charge < -0.3 is 5.11 Å². The molecule has 0 bridgehead atoms. The zero-order chi connectivity index (χ0) is 7.44. The Morgan fingerprint density at radius 2 is 2.11 bits per heavy atom. The third kappa shape index (κ3) is 4.48. The first kappa shape index (κ1) is 8.98. The maximum absolute atomic E-state index is 10.4. The summed E-state index contributed by atoms with van der Waals surface area (Å²) in [7, 11) is 0. The van der Waals surface area contributed by atoms with Gasteiger partial charge in [0.25, 0.3) is 0 Å². The minimum atomic E-state index is -0.406. The number of thiol groups is 1. The van der Waals surface area contributed by atoms with Gasteiger partial charge in [0.2, 0.25) is 0 Å². The van der Waals surface area contributed by atoms with Crippen LogP contribution in [0.3, 0.4) is 0 Å². The van der Waals surface area contributed by atoms with Crippen molar-refractivity contribution in [1.82, 2.24) is 0 Å². The molecule has 2 atom stereocenters. The highest BCUT2D eigenvalue weighted by atomic mass is 32.1. The first-order valence-corrected chi connectivity index (χ1v) is 3.39. The maximum atomic E-state index is 10.4. The number of rotatable bonds is 3. The number of carbonyl (C=O) groups is 1. The predicted molar refractivity (Wildman–Crippen MR) is 39.5 cm³/mol. The van der Waals surface area contributed by atoms with Crippen molar-refractivity contribution in [2.24, 2.45) is 5.92 Å². The Morgan fingerprint density at radius 1 is 1.67 bits per heavy atom. The summed E-state index contributed by atoms with van der Waals surface area (Å²) < 4.78 is 0. The summed E-state index contributed by atoms with van der Waals surface area (Å²) in [5, 5.41) is 8.63. The third-order valence-corrected chi connectivity index (χ3v) is 1.56. The molecule has 0 aromatic heterocycles. The molecule has 0 amide bonds. The Kier molecular flexibility index (Phi) is 3.89. The van der Waals surface area contributed by atoms with Crippen LogP contribution in [-0.4, -0.2) is 16.3 Å². The van der Waals surface area contributed by atoms with E-state index in [1.54, 1.807) is 13.8 Å². The molecule has 0 aliphatic carbocycles. The van der Waals surface area contributed by atoms with Gasteiger partial charge in [0.1, 0.15) is 0 Å². The van der Waals surface area contributed by atoms with E-state index < -0.39 is 6.10 Å².